The molecule has 1 aromatic rings. The number of nitrogens with one attached hydrogen (secondary N) is 1. The van der Waals surface area contributed by atoms with Gasteiger partial charge in [-0.2, -0.15) is 0 Å². The summed E-state index contributed by atoms with van der Waals surface area (Å²) in [5.41, 5.74) is 0.500. The highest BCUT2D eigenvalue weighted by Gasteiger charge is 2.58. The Morgan fingerprint density at radius 2 is 2.20 bits per heavy atom. The SMILES string of the molecule is COc1ccc(NC(=O)OC[C@]23CCCC[C@H]2O3)cc1. The zero-order valence-corrected chi connectivity index (χ0v) is 11.6. The summed E-state index contributed by atoms with van der Waals surface area (Å²) in [5, 5.41) is 2.70. The highest BCUT2D eigenvalue weighted by atomic mass is 16.6. The third-order valence-electron chi connectivity index (χ3n) is 4.01. The Kier molecular flexibility index (Phi) is 3.53. The van der Waals surface area contributed by atoms with Crippen molar-refractivity contribution in [2.24, 2.45) is 0 Å². The maximum atomic E-state index is 11.8. The monoisotopic (exact) mass is 277 g/mol. The molecule has 2 fully saturated rings. The predicted molar refractivity (Wildman–Crippen MR) is 74.0 cm³/mol. The molecular weight excluding hydrogens is 258 g/mol. The van der Waals surface area contributed by atoms with E-state index in [4.69, 9.17) is 14.2 Å². The molecule has 0 unspecified atom stereocenters. The summed E-state index contributed by atoms with van der Waals surface area (Å²) >= 11 is 0. The largest absolute Gasteiger partial charge is 0.497 e. The van der Waals surface area contributed by atoms with Crippen molar-refractivity contribution in [1.82, 2.24) is 0 Å². The molecule has 0 aromatic heterocycles. The van der Waals surface area contributed by atoms with Crippen LogP contribution in [0.25, 0.3) is 0 Å². The van der Waals surface area contributed by atoms with Crippen LogP contribution < -0.4 is 10.1 Å². The third-order valence-corrected chi connectivity index (χ3v) is 4.01. The molecule has 108 valence electrons. The fourth-order valence-electron chi connectivity index (χ4n) is 2.76. The van der Waals surface area contributed by atoms with Crippen LogP contribution in [0.15, 0.2) is 24.3 Å². The first-order chi connectivity index (χ1) is 9.72. The van der Waals surface area contributed by atoms with E-state index >= 15 is 0 Å². The van der Waals surface area contributed by atoms with Gasteiger partial charge in [-0.05, 0) is 37.1 Å². The maximum absolute atomic E-state index is 11.8. The lowest BCUT2D eigenvalue weighted by Crippen LogP contribution is -2.28. The van der Waals surface area contributed by atoms with Gasteiger partial charge in [0.1, 0.15) is 18.0 Å². The molecule has 0 bridgehead atoms. The lowest BCUT2D eigenvalue weighted by atomic mass is 9.90. The van der Waals surface area contributed by atoms with Gasteiger partial charge < -0.3 is 14.2 Å². The van der Waals surface area contributed by atoms with E-state index in [1.165, 1.54) is 6.42 Å². The van der Waals surface area contributed by atoms with Gasteiger partial charge in [0.25, 0.3) is 0 Å². The van der Waals surface area contributed by atoms with Crippen LogP contribution in [0.3, 0.4) is 0 Å². The highest BCUT2D eigenvalue weighted by Crippen LogP contribution is 2.47. The molecule has 20 heavy (non-hydrogen) atoms. The van der Waals surface area contributed by atoms with Crippen LogP contribution in [0, 0.1) is 0 Å². The van der Waals surface area contributed by atoms with Gasteiger partial charge in [-0.15, -0.1) is 0 Å². The maximum Gasteiger partial charge on any atom is 0.411 e. The van der Waals surface area contributed by atoms with E-state index in [-0.39, 0.29) is 5.60 Å². The van der Waals surface area contributed by atoms with E-state index in [1.54, 1.807) is 31.4 Å². The van der Waals surface area contributed by atoms with Crippen LogP contribution in [0.2, 0.25) is 0 Å². The highest BCUT2D eigenvalue weighted by molar-refractivity contribution is 5.84. The van der Waals surface area contributed by atoms with E-state index in [0.717, 1.165) is 25.0 Å². The number of fused-ring (bicyclic) bond motifs is 1. The number of amides is 1. The molecule has 1 amide bonds. The summed E-state index contributed by atoms with van der Waals surface area (Å²) in [4.78, 5) is 11.8. The van der Waals surface area contributed by atoms with Crippen molar-refractivity contribution in [2.45, 2.75) is 37.4 Å². The van der Waals surface area contributed by atoms with Crippen molar-refractivity contribution in [3.8, 4) is 5.75 Å². The summed E-state index contributed by atoms with van der Waals surface area (Å²) in [6.45, 7) is 0.347. The number of anilines is 1. The summed E-state index contributed by atoms with van der Waals surface area (Å²) in [6.07, 6.45) is 4.30. The minimum atomic E-state index is -0.440. The number of benzene rings is 1. The number of epoxide rings is 1. The summed E-state index contributed by atoms with van der Waals surface area (Å²) in [5.74, 6) is 0.749. The second-order valence-corrected chi connectivity index (χ2v) is 5.35. The predicted octanol–water partition coefficient (Wildman–Crippen LogP) is 2.96. The Labute approximate surface area is 118 Å². The first kappa shape index (κ1) is 13.2. The van der Waals surface area contributed by atoms with Crippen molar-refractivity contribution in [3.05, 3.63) is 24.3 Å². The molecule has 0 spiro atoms. The van der Waals surface area contributed by atoms with Crippen LogP contribution in [0.5, 0.6) is 5.75 Å². The summed E-state index contributed by atoms with van der Waals surface area (Å²) in [7, 11) is 1.60. The Morgan fingerprint density at radius 3 is 2.90 bits per heavy atom. The molecule has 1 aromatic carbocycles. The fraction of sp³-hybridized carbons (Fsp3) is 0.533. The molecule has 1 saturated carbocycles. The Hall–Kier alpha value is -1.75. The third kappa shape index (κ3) is 2.72. The molecule has 0 radical (unpaired) electrons. The number of hydrogen-bond donors (Lipinski definition) is 1. The van der Waals surface area contributed by atoms with Gasteiger partial charge >= 0.3 is 6.09 Å². The van der Waals surface area contributed by atoms with Gasteiger partial charge in [0.2, 0.25) is 0 Å². The van der Waals surface area contributed by atoms with Gasteiger partial charge in [-0.1, -0.05) is 12.8 Å². The minimum Gasteiger partial charge on any atom is -0.497 e. The number of methoxy groups -OCH3 is 1. The number of ether oxygens (including phenoxy) is 3. The second kappa shape index (κ2) is 5.32. The molecule has 5 heteroatoms. The van der Waals surface area contributed by atoms with E-state index < -0.39 is 6.09 Å². The first-order valence-corrected chi connectivity index (χ1v) is 6.97. The fourth-order valence-corrected chi connectivity index (χ4v) is 2.76. The van der Waals surface area contributed by atoms with Crippen LogP contribution in [-0.2, 0) is 9.47 Å². The van der Waals surface area contributed by atoms with Crippen molar-refractivity contribution >= 4 is 11.8 Å². The van der Waals surface area contributed by atoms with Crippen molar-refractivity contribution in [3.63, 3.8) is 0 Å². The lowest BCUT2D eigenvalue weighted by Gasteiger charge is -2.17. The molecule has 1 N–H and O–H groups in total. The van der Waals surface area contributed by atoms with Crippen molar-refractivity contribution < 1.29 is 19.0 Å². The van der Waals surface area contributed by atoms with Gasteiger partial charge in [-0.3, -0.25) is 5.32 Å². The van der Waals surface area contributed by atoms with Crippen LogP contribution in [-0.4, -0.2) is 31.5 Å². The summed E-state index contributed by atoms with van der Waals surface area (Å²) < 4.78 is 16.0. The van der Waals surface area contributed by atoms with Gasteiger partial charge in [0, 0.05) is 5.69 Å². The van der Waals surface area contributed by atoms with Crippen LogP contribution in [0.4, 0.5) is 10.5 Å². The normalized spacial score (nSPS) is 27.4. The zero-order valence-electron chi connectivity index (χ0n) is 11.6. The quantitative estimate of drug-likeness (QED) is 0.860. The van der Waals surface area contributed by atoms with E-state index in [2.05, 4.69) is 5.32 Å². The van der Waals surface area contributed by atoms with Crippen molar-refractivity contribution in [1.29, 1.82) is 0 Å². The molecule has 3 rings (SSSR count). The first-order valence-electron chi connectivity index (χ1n) is 6.97. The van der Waals surface area contributed by atoms with Crippen molar-refractivity contribution in [2.75, 3.05) is 19.0 Å². The van der Waals surface area contributed by atoms with E-state index in [9.17, 15) is 4.79 Å². The van der Waals surface area contributed by atoms with Crippen LogP contribution >= 0.6 is 0 Å². The molecule has 1 heterocycles. The van der Waals surface area contributed by atoms with E-state index in [1.807, 2.05) is 0 Å². The molecular formula is C15H19NO4. The average molecular weight is 277 g/mol. The Morgan fingerprint density at radius 1 is 1.40 bits per heavy atom. The number of rotatable bonds is 4. The zero-order chi connectivity index (χ0) is 14.0. The van der Waals surface area contributed by atoms with Crippen LogP contribution in [0.1, 0.15) is 25.7 Å². The second-order valence-electron chi connectivity index (χ2n) is 5.35. The van der Waals surface area contributed by atoms with Gasteiger partial charge in [-0.25, -0.2) is 4.79 Å². The molecule has 2 atom stereocenters. The molecule has 5 nitrogen and oxygen atoms in total. The molecule has 1 aliphatic carbocycles. The van der Waals surface area contributed by atoms with Gasteiger partial charge in [0.15, 0.2) is 0 Å². The standard InChI is InChI=1S/C15H19NO4/c1-18-12-7-5-11(6-8-12)16-14(17)19-10-15-9-3-2-4-13(15)20-15/h5-8,13H,2-4,9-10H2,1H3,(H,16,17)/t13-,15-/m1/s1. The number of carbonyl (C=O) groups is 1. The Balaban J connectivity index is 1.47. The van der Waals surface area contributed by atoms with Gasteiger partial charge in [0.05, 0.1) is 13.2 Å². The summed E-state index contributed by atoms with van der Waals surface area (Å²) in [6, 6.07) is 7.12. The smallest absolute Gasteiger partial charge is 0.411 e. The van der Waals surface area contributed by atoms with E-state index in [0.29, 0.717) is 18.4 Å². The topological polar surface area (TPSA) is 60.1 Å². The lowest BCUT2D eigenvalue weighted by molar-refractivity contribution is 0.116. The minimum absolute atomic E-state index is 0.185. The number of carbonyl (C=O) groups excluding carboxylic acids is 1. The molecule has 2 aliphatic rings. The number of hydrogen-bond acceptors (Lipinski definition) is 4. The Bertz CT molecular complexity index is 487. The average Bonchev–Trinajstić information content (AvgIpc) is 3.21. The molecule has 1 aliphatic heterocycles. The molecule has 1 saturated heterocycles.